The molecular formula is C19H29NO3S. The zero-order chi connectivity index (χ0) is 16.8. The van der Waals surface area contributed by atoms with E-state index in [2.05, 4.69) is 5.32 Å². The van der Waals surface area contributed by atoms with Crippen molar-refractivity contribution in [2.24, 2.45) is 5.92 Å². The highest BCUT2D eigenvalue weighted by Crippen LogP contribution is 2.26. The minimum atomic E-state index is -3.04. The molecule has 1 heterocycles. The van der Waals surface area contributed by atoms with E-state index in [-0.39, 0.29) is 11.0 Å². The molecule has 5 heteroatoms. The first-order valence-corrected chi connectivity index (χ1v) is 11.0. The summed E-state index contributed by atoms with van der Waals surface area (Å²) in [5.41, 5.74) is 1.90. The third-order valence-corrected chi connectivity index (χ3v) is 7.43. The fourth-order valence-corrected chi connectivity index (χ4v) is 5.71. The van der Waals surface area contributed by atoms with Gasteiger partial charge >= 0.3 is 0 Å². The summed E-state index contributed by atoms with van der Waals surface area (Å²) in [6.07, 6.45) is 7.28. The molecule has 1 saturated heterocycles. The van der Waals surface area contributed by atoms with Gasteiger partial charge < -0.3 is 10.1 Å². The normalized spacial score (nSPS) is 23.1. The minimum absolute atomic E-state index is 0.137. The van der Waals surface area contributed by atoms with E-state index in [1.54, 1.807) is 0 Å². The summed E-state index contributed by atoms with van der Waals surface area (Å²) in [5, 5.41) is 3.31. The molecule has 1 saturated carbocycles. The molecule has 1 aromatic rings. The van der Waals surface area contributed by atoms with Crippen molar-refractivity contribution in [1.82, 2.24) is 0 Å². The van der Waals surface area contributed by atoms with Crippen molar-refractivity contribution >= 4 is 15.5 Å². The highest BCUT2D eigenvalue weighted by atomic mass is 32.2. The van der Waals surface area contributed by atoms with Gasteiger partial charge in [-0.1, -0.05) is 31.4 Å². The molecule has 24 heavy (non-hydrogen) atoms. The van der Waals surface area contributed by atoms with Crippen molar-refractivity contribution in [3.8, 4) is 0 Å². The Morgan fingerprint density at radius 3 is 2.67 bits per heavy atom. The monoisotopic (exact) mass is 351 g/mol. The van der Waals surface area contributed by atoms with Crippen LogP contribution in [-0.4, -0.2) is 33.4 Å². The van der Waals surface area contributed by atoms with E-state index in [9.17, 15) is 8.42 Å². The van der Waals surface area contributed by atoms with Gasteiger partial charge in [-0.3, -0.25) is 0 Å². The van der Waals surface area contributed by atoms with Crippen LogP contribution in [0.2, 0.25) is 0 Å². The first-order valence-electron chi connectivity index (χ1n) is 9.25. The van der Waals surface area contributed by atoms with Crippen LogP contribution < -0.4 is 5.32 Å². The SMILES string of the molecule is O=S(=O)(Cc1cccc(NCC2CCCOC2)c1)C1CCCCC1. The van der Waals surface area contributed by atoms with Crippen molar-refractivity contribution in [2.45, 2.75) is 55.9 Å². The number of rotatable bonds is 6. The van der Waals surface area contributed by atoms with Crippen LogP contribution in [-0.2, 0) is 20.3 Å². The summed E-state index contributed by atoms with van der Waals surface area (Å²) in [6.45, 7) is 2.59. The van der Waals surface area contributed by atoms with Gasteiger partial charge in [-0.25, -0.2) is 8.42 Å². The first-order chi connectivity index (χ1) is 11.6. The molecule has 0 spiro atoms. The molecule has 2 fully saturated rings. The fraction of sp³-hybridized carbons (Fsp3) is 0.684. The van der Waals surface area contributed by atoms with Crippen LogP contribution in [0.15, 0.2) is 24.3 Å². The molecule has 4 nitrogen and oxygen atoms in total. The Morgan fingerprint density at radius 2 is 1.92 bits per heavy atom. The van der Waals surface area contributed by atoms with Gasteiger partial charge in [-0.2, -0.15) is 0 Å². The molecule has 1 aliphatic carbocycles. The molecule has 0 bridgehead atoms. The molecule has 1 atom stereocenters. The molecule has 1 aliphatic heterocycles. The standard InChI is InChI=1S/C19H29NO3S/c21-24(22,19-9-2-1-3-10-19)15-16-6-4-8-18(12-16)20-13-17-7-5-11-23-14-17/h4,6,8,12,17,19-20H,1-3,5,7,9-11,13-15H2. The van der Waals surface area contributed by atoms with Crippen molar-refractivity contribution in [3.63, 3.8) is 0 Å². The highest BCUT2D eigenvalue weighted by Gasteiger charge is 2.27. The van der Waals surface area contributed by atoms with Crippen molar-refractivity contribution < 1.29 is 13.2 Å². The van der Waals surface area contributed by atoms with Crippen LogP contribution in [0.4, 0.5) is 5.69 Å². The number of hydrogen-bond donors (Lipinski definition) is 1. The highest BCUT2D eigenvalue weighted by molar-refractivity contribution is 7.91. The molecular weight excluding hydrogens is 322 g/mol. The van der Waals surface area contributed by atoms with Gasteiger partial charge in [0.25, 0.3) is 0 Å². The largest absolute Gasteiger partial charge is 0.385 e. The van der Waals surface area contributed by atoms with Gasteiger partial charge in [0.2, 0.25) is 0 Å². The van der Waals surface area contributed by atoms with Crippen molar-refractivity contribution in [3.05, 3.63) is 29.8 Å². The molecule has 134 valence electrons. The Balaban J connectivity index is 1.57. The lowest BCUT2D eigenvalue weighted by Gasteiger charge is -2.23. The Hall–Kier alpha value is -1.07. The molecule has 1 unspecified atom stereocenters. The topological polar surface area (TPSA) is 55.4 Å². The molecule has 1 N–H and O–H groups in total. The lowest BCUT2D eigenvalue weighted by Crippen LogP contribution is -2.25. The summed E-state index contributed by atoms with van der Waals surface area (Å²) in [4.78, 5) is 0. The summed E-state index contributed by atoms with van der Waals surface area (Å²) >= 11 is 0. The fourth-order valence-electron chi connectivity index (χ4n) is 3.78. The Labute approximate surface area is 145 Å². The quantitative estimate of drug-likeness (QED) is 0.847. The molecule has 3 rings (SSSR count). The zero-order valence-corrected chi connectivity index (χ0v) is 15.2. The van der Waals surface area contributed by atoms with E-state index in [0.29, 0.717) is 5.92 Å². The van der Waals surface area contributed by atoms with Crippen LogP contribution >= 0.6 is 0 Å². The molecule has 2 aliphatic rings. The Morgan fingerprint density at radius 1 is 1.08 bits per heavy atom. The van der Waals surface area contributed by atoms with E-state index in [1.807, 2.05) is 24.3 Å². The summed E-state index contributed by atoms with van der Waals surface area (Å²) in [6, 6.07) is 7.88. The molecule has 0 aromatic heterocycles. The molecule has 0 radical (unpaired) electrons. The average Bonchev–Trinajstić information content (AvgIpc) is 2.62. The summed E-state index contributed by atoms with van der Waals surface area (Å²) < 4.78 is 30.8. The lowest BCUT2D eigenvalue weighted by atomic mass is 10.0. The van der Waals surface area contributed by atoms with Crippen molar-refractivity contribution in [2.75, 3.05) is 25.1 Å². The Bertz CT molecular complexity index is 617. The van der Waals surface area contributed by atoms with E-state index in [1.165, 1.54) is 12.8 Å². The predicted octanol–water partition coefficient (Wildman–Crippen LogP) is 3.77. The van der Waals surface area contributed by atoms with E-state index in [4.69, 9.17) is 4.74 Å². The van der Waals surface area contributed by atoms with Gasteiger partial charge in [-0.05, 0) is 49.3 Å². The third kappa shape index (κ3) is 4.96. The van der Waals surface area contributed by atoms with Crippen LogP contribution in [0.25, 0.3) is 0 Å². The number of benzene rings is 1. The Kier molecular flexibility index (Phi) is 6.17. The van der Waals surface area contributed by atoms with Crippen LogP contribution in [0, 0.1) is 5.92 Å². The number of nitrogens with one attached hydrogen (secondary N) is 1. The van der Waals surface area contributed by atoms with E-state index in [0.717, 1.165) is 63.1 Å². The maximum atomic E-state index is 12.6. The third-order valence-electron chi connectivity index (χ3n) is 5.20. The van der Waals surface area contributed by atoms with Gasteiger partial charge in [0.1, 0.15) is 0 Å². The maximum Gasteiger partial charge on any atom is 0.157 e. The van der Waals surface area contributed by atoms with Gasteiger partial charge in [-0.15, -0.1) is 0 Å². The number of hydrogen-bond acceptors (Lipinski definition) is 4. The van der Waals surface area contributed by atoms with E-state index < -0.39 is 9.84 Å². The summed E-state index contributed by atoms with van der Waals surface area (Å²) in [7, 11) is -3.04. The second-order valence-corrected chi connectivity index (χ2v) is 9.51. The minimum Gasteiger partial charge on any atom is -0.385 e. The van der Waals surface area contributed by atoms with Gasteiger partial charge in [0.15, 0.2) is 9.84 Å². The number of ether oxygens (including phenoxy) is 1. The number of anilines is 1. The first kappa shape index (κ1) is 17.7. The molecule has 0 amide bonds. The second kappa shape index (κ2) is 8.34. The van der Waals surface area contributed by atoms with Gasteiger partial charge in [0.05, 0.1) is 17.6 Å². The van der Waals surface area contributed by atoms with Crippen LogP contribution in [0.5, 0.6) is 0 Å². The smallest absolute Gasteiger partial charge is 0.157 e. The lowest BCUT2D eigenvalue weighted by molar-refractivity contribution is 0.0595. The molecule has 1 aromatic carbocycles. The average molecular weight is 352 g/mol. The maximum absolute atomic E-state index is 12.6. The second-order valence-electron chi connectivity index (χ2n) is 7.23. The van der Waals surface area contributed by atoms with E-state index >= 15 is 0 Å². The van der Waals surface area contributed by atoms with Gasteiger partial charge in [0, 0.05) is 18.8 Å². The number of sulfone groups is 1. The van der Waals surface area contributed by atoms with Crippen LogP contribution in [0.1, 0.15) is 50.5 Å². The zero-order valence-electron chi connectivity index (χ0n) is 14.4. The van der Waals surface area contributed by atoms with Crippen LogP contribution in [0.3, 0.4) is 0 Å². The summed E-state index contributed by atoms with van der Waals surface area (Å²) in [5.74, 6) is 0.716. The predicted molar refractivity (Wildman–Crippen MR) is 98.0 cm³/mol. The van der Waals surface area contributed by atoms with Crippen molar-refractivity contribution in [1.29, 1.82) is 0 Å².